The fourth-order valence-corrected chi connectivity index (χ4v) is 3.59. The fourth-order valence-electron chi connectivity index (χ4n) is 2.80. The Labute approximate surface area is 180 Å². The van der Waals surface area contributed by atoms with Crippen LogP contribution in [-0.2, 0) is 0 Å². The van der Waals surface area contributed by atoms with E-state index in [1.54, 1.807) is 0 Å². The van der Waals surface area contributed by atoms with Gasteiger partial charge >= 0.3 is 0 Å². The van der Waals surface area contributed by atoms with Crippen molar-refractivity contribution in [3.8, 4) is 0 Å². The zero-order valence-corrected chi connectivity index (χ0v) is 19.4. The summed E-state index contributed by atoms with van der Waals surface area (Å²) in [4.78, 5) is 11.0. The lowest BCUT2D eigenvalue weighted by Crippen LogP contribution is -2.49. The molecule has 7 heteroatoms. The smallest absolute Gasteiger partial charge is 0.191 e. The van der Waals surface area contributed by atoms with Gasteiger partial charge in [-0.15, -0.1) is 35.7 Å². The molecule has 0 bridgehead atoms. The van der Waals surface area contributed by atoms with Crippen LogP contribution in [0.1, 0.15) is 13.8 Å². The second-order valence-electron chi connectivity index (χ2n) is 6.50. The van der Waals surface area contributed by atoms with Crippen molar-refractivity contribution in [3.05, 3.63) is 30.3 Å². The lowest BCUT2D eigenvalue weighted by atomic mass is 10.2. The molecule has 1 aliphatic heterocycles. The quantitative estimate of drug-likeness (QED) is 0.193. The Morgan fingerprint density at radius 2 is 1.85 bits per heavy atom. The number of piperazine rings is 1. The predicted molar refractivity (Wildman–Crippen MR) is 125 cm³/mol. The highest BCUT2D eigenvalue weighted by atomic mass is 127. The average molecular weight is 491 g/mol. The van der Waals surface area contributed by atoms with Gasteiger partial charge < -0.3 is 15.5 Å². The number of hydrogen-bond acceptors (Lipinski definition) is 4. The number of hydrogen-bond donors (Lipinski definition) is 2. The van der Waals surface area contributed by atoms with Crippen LogP contribution in [0.25, 0.3) is 0 Å². The van der Waals surface area contributed by atoms with Crippen LogP contribution in [0, 0.1) is 0 Å². The molecule has 1 atom stereocenters. The van der Waals surface area contributed by atoms with Crippen LogP contribution >= 0.6 is 35.7 Å². The maximum absolute atomic E-state index is 4.78. The summed E-state index contributed by atoms with van der Waals surface area (Å²) in [6.07, 6.45) is 0. The Hall–Kier alpha value is -0.510. The second kappa shape index (κ2) is 13.6. The van der Waals surface area contributed by atoms with E-state index in [1.165, 1.54) is 4.90 Å². The second-order valence-corrected chi connectivity index (χ2v) is 7.66. The lowest BCUT2D eigenvalue weighted by Gasteiger charge is -2.35. The molecule has 1 unspecified atom stereocenters. The van der Waals surface area contributed by atoms with Gasteiger partial charge in [0.2, 0.25) is 0 Å². The average Bonchev–Trinajstić information content (AvgIpc) is 2.64. The third-order valence-electron chi connectivity index (χ3n) is 4.43. The van der Waals surface area contributed by atoms with E-state index in [-0.39, 0.29) is 24.0 Å². The predicted octanol–water partition coefficient (Wildman–Crippen LogP) is 2.59. The summed E-state index contributed by atoms with van der Waals surface area (Å²) >= 11 is 1.87. The maximum atomic E-state index is 4.78. The molecular formula is C19H34IN5S. The van der Waals surface area contributed by atoms with Gasteiger partial charge in [-0.1, -0.05) is 18.2 Å². The topological polar surface area (TPSA) is 42.9 Å². The van der Waals surface area contributed by atoms with E-state index in [4.69, 9.17) is 4.99 Å². The first-order valence-electron chi connectivity index (χ1n) is 9.31. The van der Waals surface area contributed by atoms with Crippen molar-refractivity contribution in [3.63, 3.8) is 0 Å². The highest BCUT2D eigenvalue weighted by Gasteiger charge is 2.18. The molecule has 1 aromatic rings. The first-order valence-corrected chi connectivity index (χ1v) is 10.3. The number of likely N-dealkylation sites (N-methyl/N-ethyl adjacent to an activating group) is 1. The molecule has 0 aromatic heterocycles. The van der Waals surface area contributed by atoms with Crippen LogP contribution in [0.5, 0.6) is 0 Å². The first kappa shape index (κ1) is 23.5. The van der Waals surface area contributed by atoms with Gasteiger partial charge in [0.1, 0.15) is 0 Å². The third kappa shape index (κ3) is 8.92. The molecule has 1 aromatic carbocycles. The molecule has 1 aliphatic rings. The minimum absolute atomic E-state index is 0. The van der Waals surface area contributed by atoms with Gasteiger partial charge in [-0.25, -0.2) is 0 Å². The van der Waals surface area contributed by atoms with Crippen molar-refractivity contribution in [2.24, 2.45) is 4.99 Å². The summed E-state index contributed by atoms with van der Waals surface area (Å²) in [7, 11) is 2.20. The van der Waals surface area contributed by atoms with Crippen molar-refractivity contribution in [2.75, 3.05) is 58.6 Å². The minimum atomic E-state index is 0. The zero-order chi connectivity index (χ0) is 17.9. The van der Waals surface area contributed by atoms with Crippen LogP contribution in [-0.4, -0.2) is 80.4 Å². The largest absolute Gasteiger partial charge is 0.357 e. The molecule has 1 fully saturated rings. The Bertz CT molecular complexity index is 506. The normalized spacial score (nSPS) is 17.4. The Morgan fingerprint density at radius 3 is 2.50 bits per heavy atom. The number of nitrogens with one attached hydrogen (secondary N) is 2. The van der Waals surface area contributed by atoms with Gasteiger partial charge in [-0.2, -0.15) is 0 Å². The monoisotopic (exact) mass is 491 g/mol. The SMILES string of the molecule is CCNC(=NCC(C)N1CCN(C)CC1)NCCSc1ccccc1.I. The molecule has 1 heterocycles. The summed E-state index contributed by atoms with van der Waals surface area (Å²) in [6, 6.07) is 11.0. The Morgan fingerprint density at radius 1 is 1.15 bits per heavy atom. The number of rotatable bonds is 8. The molecule has 0 aliphatic carbocycles. The van der Waals surface area contributed by atoms with Crippen molar-refractivity contribution in [2.45, 2.75) is 24.8 Å². The van der Waals surface area contributed by atoms with Gasteiger partial charge in [0.05, 0.1) is 6.54 Å². The van der Waals surface area contributed by atoms with Gasteiger partial charge in [0, 0.05) is 56.0 Å². The van der Waals surface area contributed by atoms with Crippen LogP contribution in [0.4, 0.5) is 0 Å². The molecule has 26 heavy (non-hydrogen) atoms. The molecule has 5 nitrogen and oxygen atoms in total. The Balaban J connectivity index is 0.00000338. The highest BCUT2D eigenvalue weighted by Crippen LogP contribution is 2.15. The van der Waals surface area contributed by atoms with E-state index >= 15 is 0 Å². The van der Waals surface area contributed by atoms with Crippen LogP contribution < -0.4 is 10.6 Å². The number of halogens is 1. The molecule has 0 saturated carbocycles. The molecule has 0 radical (unpaired) electrons. The number of guanidine groups is 1. The summed E-state index contributed by atoms with van der Waals surface area (Å²) in [6.45, 7) is 11.6. The molecule has 148 valence electrons. The van der Waals surface area contributed by atoms with Gasteiger partial charge in [-0.3, -0.25) is 9.89 Å². The van der Waals surface area contributed by atoms with E-state index in [1.807, 2.05) is 11.8 Å². The van der Waals surface area contributed by atoms with E-state index < -0.39 is 0 Å². The van der Waals surface area contributed by atoms with E-state index in [0.717, 1.165) is 57.5 Å². The number of aliphatic imine (C=N–C) groups is 1. The molecule has 0 amide bonds. The molecular weight excluding hydrogens is 457 g/mol. The van der Waals surface area contributed by atoms with Gasteiger partial charge in [0.15, 0.2) is 5.96 Å². The minimum Gasteiger partial charge on any atom is -0.357 e. The maximum Gasteiger partial charge on any atom is 0.191 e. The molecule has 2 N–H and O–H groups in total. The van der Waals surface area contributed by atoms with E-state index in [0.29, 0.717) is 6.04 Å². The summed E-state index contributed by atoms with van der Waals surface area (Å²) in [5.41, 5.74) is 0. The lowest BCUT2D eigenvalue weighted by molar-refractivity contribution is 0.122. The van der Waals surface area contributed by atoms with E-state index in [9.17, 15) is 0 Å². The molecule has 0 spiro atoms. The summed E-state index contributed by atoms with van der Waals surface area (Å²) in [5, 5.41) is 6.80. The van der Waals surface area contributed by atoms with Gasteiger partial charge in [-0.05, 0) is 33.0 Å². The molecule has 1 saturated heterocycles. The number of thioether (sulfide) groups is 1. The van der Waals surface area contributed by atoms with Crippen molar-refractivity contribution < 1.29 is 0 Å². The summed E-state index contributed by atoms with van der Waals surface area (Å²) < 4.78 is 0. The summed E-state index contributed by atoms with van der Waals surface area (Å²) in [5.74, 6) is 1.96. The highest BCUT2D eigenvalue weighted by molar-refractivity contribution is 14.0. The van der Waals surface area contributed by atoms with Crippen LogP contribution in [0.15, 0.2) is 40.2 Å². The van der Waals surface area contributed by atoms with Crippen molar-refractivity contribution in [1.29, 1.82) is 0 Å². The zero-order valence-electron chi connectivity index (χ0n) is 16.3. The van der Waals surface area contributed by atoms with Gasteiger partial charge in [0.25, 0.3) is 0 Å². The number of nitrogens with zero attached hydrogens (tertiary/aromatic N) is 3. The van der Waals surface area contributed by atoms with Crippen LogP contribution in [0.2, 0.25) is 0 Å². The van der Waals surface area contributed by atoms with Crippen molar-refractivity contribution >= 4 is 41.7 Å². The number of benzene rings is 1. The van der Waals surface area contributed by atoms with Crippen molar-refractivity contribution in [1.82, 2.24) is 20.4 Å². The van der Waals surface area contributed by atoms with Crippen LogP contribution in [0.3, 0.4) is 0 Å². The fraction of sp³-hybridized carbons (Fsp3) is 0.632. The third-order valence-corrected chi connectivity index (χ3v) is 5.44. The molecule has 2 rings (SSSR count). The Kier molecular flexibility index (Phi) is 12.3. The standard InChI is InChI=1S/C19H33N5S.HI/c1-4-20-19(21-10-15-25-18-8-6-5-7-9-18)22-16-17(2)24-13-11-23(3)12-14-24;/h5-9,17H,4,10-16H2,1-3H3,(H2,20,21,22);1H. The first-order chi connectivity index (χ1) is 12.2. The van der Waals surface area contributed by atoms with E-state index in [2.05, 4.69) is 71.7 Å².